The van der Waals surface area contributed by atoms with Crippen molar-refractivity contribution in [1.29, 1.82) is 5.26 Å². The molecule has 2 rings (SSSR count). The van der Waals surface area contributed by atoms with Crippen LogP contribution in [0.2, 0.25) is 0 Å². The topological polar surface area (TPSA) is 87.8 Å². The summed E-state index contributed by atoms with van der Waals surface area (Å²) in [6.45, 7) is 0. The van der Waals surface area contributed by atoms with Crippen LogP contribution in [0.4, 0.5) is 10.1 Å². The van der Waals surface area contributed by atoms with Crippen LogP contribution in [0.15, 0.2) is 35.7 Å². The molecular weight excluding hydrogens is 271 g/mol. The van der Waals surface area contributed by atoms with Crippen molar-refractivity contribution in [1.82, 2.24) is 9.55 Å². The molecule has 19 heavy (non-hydrogen) atoms. The van der Waals surface area contributed by atoms with Crippen molar-refractivity contribution in [2.75, 3.05) is 4.72 Å². The summed E-state index contributed by atoms with van der Waals surface area (Å²) in [4.78, 5) is 3.72. The number of hydrogen-bond donors (Lipinski definition) is 1. The molecule has 0 saturated heterocycles. The molecular formula is C11H9FN4O2S. The molecule has 8 heteroatoms. The largest absolute Gasteiger partial charge is 0.339 e. The molecule has 0 radical (unpaired) electrons. The highest BCUT2D eigenvalue weighted by Crippen LogP contribution is 2.17. The summed E-state index contributed by atoms with van der Waals surface area (Å²) in [6.07, 6.45) is 2.68. The highest BCUT2D eigenvalue weighted by atomic mass is 32.2. The third-order valence-corrected chi connectivity index (χ3v) is 3.56. The molecule has 98 valence electrons. The Kier molecular flexibility index (Phi) is 3.23. The van der Waals surface area contributed by atoms with E-state index in [1.807, 2.05) is 0 Å². The van der Waals surface area contributed by atoms with Crippen LogP contribution in [0.25, 0.3) is 0 Å². The molecule has 1 N–H and O–H groups in total. The van der Waals surface area contributed by atoms with E-state index in [9.17, 15) is 12.8 Å². The zero-order chi connectivity index (χ0) is 14.0. The standard InChI is InChI=1S/C11H9FN4O2S/c1-16-6-11(14-7-16)19(17,18)15-9-2-3-10(12)8(4-9)5-13/h2-4,6-7,15H,1H3. The molecule has 0 fully saturated rings. The van der Waals surface area contributed by atoms with Gasteiger partial charge in [-0.2, -0.15) is 13.7 Å². The minimum Gasteiger partial charge on any atom is -0.339 e. The Morgan fingerprint density at radius 3 is 2.79 bits per heavy atom. The summed E-state index contributed by atoms with van der Waals surface area (Å²) in [5, 5.41) is 8.52. The monoisotopic (exact) mass is 280 g/mol. The Morgan fingerprint density at radius 1 is 1.47 bits per heavy atom. The van der Waals surface area contributed by atoms with E-state index in [1.54, 1.807) is 13.1 Å². The number of nitrogens with zero attached hydrogens (tertiary/aromatic N) is 3. The fourth-order valence-electron chi connectivity index (χ4n) is 1.41. The molecule has 6 nitrogen and oxygen atoms in total. The number of sulfonamides is 1. The fourth-order valence-corrected chi connectivity index (χ4v) is 2.44. The first kappa shape index (κ1) is 13.0. The number of halogens is 1. The van der Waals surface area contributed by atoms with Gasteiger partial charge in [-0.05, 0) is 18.2 Å². The van der Waals surface area contributed by atoms with Crippen LogP contribution in [0.5, 0.6) is 0 Å². The maximum Gasteiger partial charge on any atom is 0.280 e. The lowest BCUT2D eigenvalue weighted by Crippen LogP contribution is -2.13. The van der Waals surface area contributed by atoms with Crippen LogP contribution in [0.3, 0.4) is 0 Å². The smallest absolute Gasteiger partial charge is 0.280 e. The predicted octanol–water partition coefficient (Wildman–Crippen LogP) is 1.23. The molecule has 0 aliphatic carbocycles. The second-order valence-electron chi connectivity index (χ2n) is 3.79. The van der Waals surface area contributed by atoms with E-state index in [-0.39, 0.29) is 16.3 Å². The SMILES string of the molecule is Cn1cnc(S(=O)(=O)Nc2ccc(F)c(C#N)c2)c1. The van der Waals surface area contributed by atoms with E-state index < -0.39 is 15.8 Å². The summed E-state index contributed by atoms with van der Waals surface area (Å²) in [7, 11) is -2.21. The van der Waals surface area contributed by atoms with Gasteiger partial charge in [0.2, 0.25) is 0 Å². The Labute approximate surface area is 109 Å². The molecule has 0 saturated carbocycles. The molecule has 0 aliphatic heterocycles. The van der Waals surface area contributed by atoms with Crippen LogP contribution in [0.1, 0.15) is 5.56 Å². The van der Waals surface area contributed by atoms with E-state index in [2.05, 4.69) is 9.71 Å². The quantitative estimate of drug-likeness (QED) is 0.916. The van der Waals surface area contributed by atoms with Crippen molar-refractivity contribution in [2.24, 2.45) is 7.05 Å². The van der Waals surface area contributed by atoms with E-state index in [0.29, 0.717) is 0 Å². The molecule has 0 bridgehead atoms. The Hall–Kier alpha value is -2.40. The minimum absolute atomic E-state index is 0.101. The van der Waals surface area contributed by atoms with Crippen molar-refractivity contribution >= 4 is 15.7 Å². The summed E-state index contributed by atoms with van der Waals surface area (Å²) in [5.41, 5.74) is -0.134. The van der Waals surface area contributed by atoms with Crippen molar-refractivity contribution in [2.45, 2.75) is 5.03 Å². The average molecular weight is 280 g/mol. The van der Waals surface area contributed by atoms with Gasteiger partial charge in [-0.1, -0.05) is 0 Å². The van der Waals surface area contributed by atoms with E-state index in [4.69, 9.17) is 5.26 Å². The maximum absolute atomic E-state index is 13.1. The molecule has 1 aromatic heterocycles. The second-order valence-corrected chi connectivity index (χ2v) is 5.42. The molecule has 1 aromatic carbocycles. The maximum atomic E-state index is 13.1. The summed E-state index contributed by atoms with van der Waals surface area (Å²) < 4.78 is 40.7. The Bertz CT molecular complexity index is 761. The summed E-state index contributed by atoms with van der Waals surface area (Å²) >= 11 is 0. The first-order valence-electron chi connectivity index (χ1n) is 5.13. The predicted molar refractivity (Wildman–Crippen MR) is 65.1 cm³/mol. The third kappa shape index (κ3) is 2.71. The van der Waals surface area contributed by atoms with Gasteiger partial charge in [-0.3, -0.25) is 4.72 Å². The number of aryl methyl sites for hydroxylation is 1. The lowest BCUT2D eigenvalue weighted by atomic mass is 10.2. The van der Waals surface area contributed by atoms with Crippen LogP contribution in [-0.4, -0.2) is 18.0 Å². The number of imidazole rings is 1. The van der Waals surface area contributed by atoms with Crippen LogP contribution < -0.4 is 4.72 Å². The van der Waals surface area contributed by atoms with Gasteiger partial charge in [-0.15, -0.1) is 0 Å². The van der Waals surface area contributed by atoms with Gasteiger partial charge in [-0.25, -0.2) is 9.37 Å². The molecule has 2 aromatic rings. The summed E-state index contributed by atoms with van der Waals surface area (Å²) in [5.74, 6) is -0.705. The zero-order valence-corrected chi connectivity index (χ0v) is 10.6. The van der Waals surface area contributed by atoms with Crippen LogP contribution >= 0.6 is 0 Å². The van der Waals surface area contributed by atoms with Gasteiger partial charge in [0.1, 0.15) is 11.9 Å². The highest BCUT2D eigenvalue weighted by Gasteiger charge is 2.17. The highest BCUT2D eigenvalue weighted by molar-refractivity contribution is 7.92. The van der Waals surface area contributed by atoms with Gasteiger partial charge in [0.25, 0.3) is 10.0 Å². The van der Waals surface area contributed by atoms with Gasteiger partial charge in [0.05, 0.1) is 17.6 Å². The number of nitriles is 1. The lowest BCUT2D eigenvalue weighted by molar-refractivity contribution is 0.598. The van der Waals surface area contributed by atoms with Crippen molar-refractivity contribution < 1.29 is 12.8 Å². The number of nitrogens with one attached hydrogen (secondary N) is 1. The Balaban J connectivity index is 2.34. The van der Waals surface area contributed by atoms with Crippen molar-refractivity contribution in [3.8, 4) is 6.07 Å². The van der Waals surface area contributed by atoms with Crippen molar-refractivity contribution in [3.05, 3.63) is 42.1 Å². The zero-order valence-electron chi connectivity index (χ0n) is 9.83. The Morgan fingerprint density at radius 2 is 2.21 bits per heavy atom. The number of benzene rings is 1. The van der Waals surface area contributed by atoms with Gasteiger partial charge in [0, 0.05) is 13.2 Å². The number of rotatable bonds is 3. The van der Waals surface area contributed by atoms with E-state index >= 15 is 0 Å². The molecule has 1 heterocycles. The van der Waals surface area contributed by atoms with Gasteiger partial charge < -0.3 is 4.57 Å². The molecule has 0 amide bonds. The first-order chi connectivity index (χ1) is 8.92. The first-order valence-corrected chi connectivity index (χ1v) is 6.61. The minimum atomic E-state index is -3.84. The average Bonchev–Trinajstić information content (AvgIpc) is 2.79. The normalized spacial score (nSPS) is 11.0. The number of hydrogen-bond acceptors (Lipinski definition) is 4. The summed E-state index contributed by atoms with van der Waals surface area (Å²) in [6, 6.07) is 5.01. The number of aromatic nitrogens is 2. The number of anilines is 1. The van der Waals surface area contributed by atoms with Gasteiger partial charge >= 0.3 is 0 Å². The van der Waals surface area contributed by atoms with E-state index in [1.165, 1.54) is 23.2 Å². The van der Waals surface area contributed by atoms with Crippen molar-refractivity contribution in [3.63, 3.8) is 0 Å². The van der Waals surface area contributed by atoms with Gasteiger partial charge in [0.15, 0.2) is 5.03 Å². The third-order valence-electron chi connectivity index (χ3n) is 2.30. The lowest BCUT2D eigenvalue weighted by Gasteiger charge is -2.06. The molecule has 0 aliphatic rings. The second kappa shape index (κ2) is 4.70. The molecule has 0 atom stereocenters. The fraction of sp³-hybridized carbons (Fsp3) is 0.0909. The van der Waals surface area contributed by atoms with Crippen LogP contribution in [-0.2, 0) is 17.1 Å². The van der Waals surface area contributed by atoms with Crippen LogP contribution in [0, 0.1) is 17.1 Å². The molecule has 0 unspecified atom stereocenters. The molecule has 0 spiro atoms. The van der Waals surface area contributed by atoms with E-state index in [0.717, 1.165) is 12.1 Å².